The van der Waals surface area contributed by atoms with Gasteiger partial charge in [0.25, 0.3) is 0 Å². The predicted molar refractivity (Wildman–Crippen MR) is 193 cm³/mol. The van der Waals surface area contributed by atoms with Crippen molar-refractivity contribution < 1.29 is 32.1 Å². The van der Waals surface area contributed by atoms with Crippen LogP contribution in [0.3, 0.4) is 0 Å². The molecule has 0 radical (unpaired) electrons. The number of aliphatic hydroxyl groups is 1. The average molecular weight is 744 g/mol. The molecule has 4 heterocycles. The van der Waals surface area contributed by atoms with E-state index < -0.39 is 46.0 Å². The van der Waals surface area contributed by atoms with Gasteiger partial charge in [-0.3, -0.25) is 0 Å². The Morgan fingerprint density at radius 1 is 0.902 bits per heavy atom. The molecule has 2 aromatic carbocycles. The van der Waals surface area contributed by atoms with Crippen LogP contribution in [0.25, 0.3) is 16.7 Å². The maximum Gasteiger partial charge on any atom is 0.419 e. The monoisotopic (exact) mass is 743 g/mol. The molecule has 1 aliphatic heterocycles. The van der Waals surface area contributed by atoms with Crippen molar-refractivity contribution in [3.8, 4) is 5.69 Å². The molecular formula is C35H45F4N7O3Si2. The standard InChI is InChI=1S/C35H45F4N7O3Si2/c1-23-31-32(42-45(23)22-49-13-15-51(5,6)7)34(47)46(26-9-11-30-29(17-26)40-20-43(30)21-48-12-14-50(2,3)4)33(31)27-10-8-25(16-28(27)36)44-19-24(18-41-44)35(37,38)39/h8-11,16-20,33-34,47H,12-15,21-22H2,1-7H3. The summed E-state index contributed by atoms with van der Waals surface area (Å²) in [7, 11) is -2.55. The largest absolute Gasteiger partial charge is 0.419 e. The van der Waals surface area contributed by atoms with Gasteiger partial charge in [0.1, 0.15) is 25.0 Å². The van der Waals surface area contributed by atoms with Crippen LogP contribution < -0.4 is 4.90 Å². The molecule has 0 saturated carbocycles. The second-order valence-electron chi connectivity index (χ2n) is 15.5. The number of imidazole rings is 1. The molecule has 6 rings (SSSR count). The van der Waals surface area contributed by atoms with Crippen LogP contribution in [0.15, 0.2) is 55.1 Å². The number of hydrogen-bond donors (Lipinski definition) is 1. The van der Waals surface area contributed by atoms with Crippen LogP contribution in [0.1, 0.15) is 40.3 Å². The zero-order chi connectivity index (χ0) is 36.9. The smallest absolute Gasteiger partial charge is 0.368 e. The molecule has 0 amide bonds. The number of benzene rings is 2. The van der Waals surface area contributed by atoms with Crippen molar-refractivity contribution in [2.75, 3.05) is 18.1 Å². The summed E-state index contributed by atoms with van der Waals surface area (Å²) < 4.78 is 72.6. The predicted octanol–water partition coefficient (Wildman–Crippen LogP) is 8.11. The second-order valence-corrected chi connectivity index (χ2v) is 26.8. The normalized spacial score (nSPS) is 16.8. The van der Waals surface area contributed by atoms with Crippen molar-refractivity contribution in [3.05, 3.63) is 89.0 Å². The minimum atomic E-state index is -4.58. The van der Waals surface area contributed by atoms with Gasteiger partial charge in [0.05, 0.1) is 40.9 Å². The van der Waals surface area contributed by atoms with E-state index in [0.717, 1.165) is 34.5 Å². The maximum absolute atomic E-state index is 16.3. The summed E-state index contributed by atoms with van der Waals surface area (Å²) in [6, 6.07) is 11.0. The summed E-state index contributed by atoms with van der Waals surface area (Å²) in [5.41, 5.74) is 3.21. The Labute approximate surface area is 296 Å². The van der Waals surface area contributed by atoms with Gasteiger partial charge in [-0.05, 0) is 49.3 Å². The number of ether oxygens (including phenoxy) is 2. The van der Waals surface area contributed by atoms with Crippen molar-refractivity contribution >= 4 is 32.9 Å². The average Bonchev–Trinajstić information content (AvgIpc) is 3.81. The van der Waals surface area contributed by atoms with Crippen molar-refractivity contribution in [1.82, 2.24) is 29.1 Å². The molecule has 1 N–H and O–H groups in total. The van der Waals surface area contributed by atoms with E-state index in [9.17, 15) is 18.3 Å². The number of alkyl halides is 3. The minimum absolute atomic E-state index is 0.124. The molecule has 51 heavy (non-hydrogen) atoms. The fraction of sp³-hybridized carbons (Fsp3) is 0.457. The van der Waals surface area contributed by atoms with Gasteiger partial charge in [-0.2, -0.15) is 23.4 Å². The first-order valence-corrected chi connectivity index (χ1v) is 24.4. The van der Waals surface area contributed by atoms with Crippen LogP contribution in [0.5, 0.6) is 0 Å². The number of anilines is 1. The number of nitrogens with zero attached hydrogens (tertiary/aromatic N) is 7. The fourth-order valence-corrected chi connectivity index (χ4v) is 7.64. The number of hydrogen-bond acceptors (Lipinski definition) is 7. The summed E-state index contributed by atoms with van der Waals surface area (Å²) in [4.78, 5) is 6.29. The zero-order valence-corrected chi connectivity index (χ0v) is 32.0. The molecule has 0 bridgehead atoms. The van der Waals surface area contributed by atoms with Gasteiger partial charge in [0, 0.05) is 58.1 Å². The van der Waals surface area contributed by atoms with Crippen molar-refractivity contribution in [2.24, 2.45) is 0 Å². The molecule has 1 aliphatic rings. The highest BCUT2D eigenvalue weighted by Gasteiger charge is 2.44. The highest BCUT2D eigenvalue weighted by atomic mass is 28.3. The number of rotatable bonds is 13. The molecule has 0 spiro atoms. The SMILES string of the molecule is Cc1c2c(nn1COCC[Si](C)(C)C)C(O)N(c1ccc3c(c1)ncn3COCC[Si](C)(C)C)C2c1ccc(-n2cc(C(F)(F)F)cn2)cc1F. The molecule has 0 aliphatic carbocycles. The molecule has 16 heteroatoms. The van der Waals surface area contributed by atoms with Gasteiger partial charge in [0.2, 0.25) is 0 Å². The molecule has 0 saturated heterocycles. The molecule has 0 fully saturated rings. The van der Waals surface area contributed by atoms with E-state index in [-0.39, 0.29) is 18.0 Å². The number of aromatic nitrogens is 6. The lowest BCUT2D eigenvalue weighted by atomic mass is 9.97. The summed E-state index contributed by atoms with van der Waals surface area (Å²) in [6.07, 6.45) is -2.59. The molecular weight excluding hydrogens is 699 g/mol. The van der Waals surface area contributed by atoms with E-state index in [1.165, 1.54) is 12.1 Å². The molecule has 10 nitrogen and oxygen atoms in total. The zero-order valence-electron chi connectivity index (χ0n) is 30.0. The Morgan fingerprint density at radius 3 is 2.20 bits per heavy atom. The topological polar surface area (TPSA) is 95.4 Å². The van der Waals surface area contributed by atoms with Crippen LogP contribution >= 0.6 is 0 Å². The van der Waals surface area contributed by atoms with Gasteiger partial charge in [-0.15, -0.1) is 0 Å². The summed E-state index contributed by atoms with van der Waals surface area (Å²) >= 11 is 0. The van der Waals surface area contributed by atoms with E-state index in [2.05, 4.69) is 49.4 Å². The first kappa shape index (κ1) is 36.9. The number of fused-ring (bicyclic) bond motifs is 2. The minimum Gasteiger partial charge on any atom is -0.368 e. The first-order valence-electron chi connectivity index (χ1n) is 17.0. The van der Waals surface area contributed by atoms with Crippen molar-refractivity contribution in [1.29, 1.82) is 0 Å². The summed E-state index contributed by atoms with van der Waals surface area (Å²) in [5.74, 6) is -0.675. The Morgan fingerprint density at radius 2 is 1.57 bits per heavy atom. The Kier molecular flexibility index (Phi) is 10.1. The second kappa shape index (κ2) is 13.9. The van der Waals surface area contributed by atoms with Crippen LogP contribution in [0.2, 0.25) is 51.4 Å². The van der Waals surface area contributed by atoms with Crippen molar-refractivity contribution in [2.45, 2.75) is 90.2 Å². The first-order chi connectivity index (χ1) is 23.9. The third-order valence-corrected chi connectivity index (χ3v) is 12.5. The van der Waals surface area contributed by atoms with Gasteiger partial charge in [-0.25, -0.2) is 18.7 Å². The molecule has 2 unspecified atom stereocenters. The third-order valence-electron chi connectivity index (χ3n) is 9.13. The molecule has 3 aromatic heterocycles. The Bertz CT molecular complexity index is 2010. The van der Waals surface area contributed by atoms with Crippen molar-refractivity contribution in [3.63, 3.8) is 0 Å². The van der Waals surface area contributed by atoms with Crippen LogP contribution in [0.4, 0.5) is 23.2 Å². The van der Waals surface area contributed by atoms with Gasteiger partial charge in [-0.1, -0.05) is 45.3 Å². The number of halogens is 4. The lowest BCUT2D eigenvalue weighted by Gasteiger charge is -2.31. The lowest BCUT2D eigenvalue weighted by molar-refractivity contribution is -0.137. The van der Waals surface area contributed by atoms with E-state index in [0.29, 0.717) is 54.3 Å². The quantitative estimate of drug-likeness (QED) is 0.0740. The highest BCUT2D eigenvalue weighted by molar-refractivity contribution is 6.76. The van der Waals surface area contributed by atoms with Crippen LogP contribution in [-0.2, 0) is 29.1 Å². The van der Waals surface area contributed by atoms with Crippen LogP contribution in [-0.4, -0.2) is 63.6 Å². The van der Waals surface area contributed by atoms with Gasteiger partial charge < -0.3 is 24.0 Å². The van der Waals surface area contributed by atoms with E-state index in [1.807, 2.05) is 29.7 Å². The fourth-order valence-electron chi connectivity index (χ4n) is 6.12. The third kappa shape index (κ3) is 7.99. The van der Waals surface area contributed by atoms with Gasteiger partial charge in [0.15, 0.2) is 6.23 Å². The molecule has 5 aromatic rings. The van der Waals surface area contributed by atoms with Crippen LogP contribution in [0, 0.1) is 12.7 Å². The number of aliphatic hydroxyl groups excluding tert-OH is 1. The van der Waals surface area contributed by atoms with E-state index >= 15 is 4.39 Å². The molecule has 274 valence electrons. The molecule has 2 atom stereocenters. The summed E-state index contributed by atoms with van der Waals surface area (Å²) in [5, 5.41) is 20.4. The highest BCUT2D eigenvalue weighted by Crippen LogP contribution is 2.49. The van der Waals surface area contributed by atoms with Gasteiger partial charge >= 0.3 is 6.18 Å². The maximum atomic E-state index is 16.3. The Balaban J connectivity index is 1.34. The summed E-state index contributed by atoms with van der Waals surface area (Å²) in [6.45, 7) is 17.3. The lowest BCUT2D eigenvalue weighted by Crippen LogP contribution is -2.29. The Hall–Kier alpha value is -3.84. The van der Waals surface area contributed by atoms with E-state index in [4.69, 9.17) is 14.6 Å². The van der Waals surface area contributed by atoms with E-state index in [1.54, 1.807) is 15.9 Å².